The summed E-state index contributed by atoms with van der Waals surface area (Å²) in [6.45, 7) is 3.41. The van der Waals surface area contributed by atoms with Crippen LogP contribution in [0.3, 0.4) is 0 Å². The largest absolute Gasteiger partial charge is 0.508 e. The predicted octanol–water partition coefficient (Wildman–Crippen LogP) is 1.36. The summed E-state index contributed by atoms with van der Waals surface area (Å²) in [5, 5.41) is 29.9. The van der Waals surface area contributed by atoms with E-state index >= 15 is 0 Å². The Hall–Kier alpha value is -2.21. The lowest BCUT2D eigenvalue weighted by Gasteiger charge is -2.30. The highest BCUT2D eigenvalue weighted by Gasteiger charge is 2.48. The number of hydrogen-bond donors (Lipinski definition) is 3. The number of carbonyl (C=O) groups is 1. The maximum absolute atomic E-state index is 11.3. The van der Waals surface area contributed by atoms with Gasteiger partial charge in [0.25, 0.3) is 5.79 Å². The lowest BCUT2D eigenvalue weighted by molar-refractivity contribution is -0.209. The second kappa shape index (κ2) is 5.29. The number of benzene rings is 1. The molecule has 2 rings (SSSR count). The Morgan fingerprint density at radius 3 is 2.62 bits per heavy atom. The molecular formula is C15H18O6. The van der Waals surface area contributed by atoms with Crippen molar-refractivity contribution in [3.05, 3.63) is 35.1 Å². The van der Waals surface area contributed by atoms with Crippen molar-refractivity contribution in [3.63, 3.8) is 0 Å². The molecule has 0 aromatic heterocycles. The third kappa shape index (κ3) is 2.67. The second-order valence-corrected chi connectivity index (χ2v) is 5.20. The number of hydrogen-bond acceptors (Lipinski definition) is 6. The van der Waals surface area contributed by atoms with E-state index in [1.165, 1.54) is 19.2 Å². The number of methoxy groups -OCH3 is 1. The Morgan fingerprint density at radius 2 is 2.05 bits per heavy atom. The lowest BCUT2D eigenvalue weighted by Crippen LogP contribution is -2.41. The van der Waals surface area contributed by atoms with Crippen LogP contribution in [0.5, 0.6) is 11.5 Å². The highest BCUT2D eigenvalue weighted by atomic mass is 16.7. The fourth-order valence-electron chi connectivity index (χ4n) is 2.48. The molecule has 0 radical (unpaired) electrons. The molecule has 2 atom stereocenters. The van der Waals surface area contributed by atoms with Gasteiger partial charge in [0, 0.05) is 12.0 Å². The van der Waals surface area contributed by atoms with Crippen molar-refractivity contribution in [2.75, 3.05) is 7.11 Å². The third-order valence-electron chi connectivity index (χ3n) is 3.69. The van der Waals surface area contributed by atoms with E-state index in [9.17, 15) is 20.1 Å². The van der Waals surface area contributed by atoms with Crippen LogP contribution in [-0.2, 0) is 20.7 Å². The number of carbonyl (C=O) groups excluding carboxylic acids is 1. The van der Waals surface area contributed by atoms with E-state index in [-0.39, 0.29) is 23.7 Å². The summed E-state index contributed by atoms with van der Waals surface area (Å²) >= 11 is 0. The van der Waals surface area contributed by atoms with Gasteiger partial charge in [-0.2, -0.15) is 0 Å². The summed E-state index contributed by atoms with van der Waals surface area (Å²) in [5.41, 5.74) is 1.24. The van der Waals surface area contributed by atoms with Gasteiger partial charge in [0.2, 0.25) is 0 Å². The highest BCUT2D eigenvalue weighted by molar-refractivity contribution is 5.85. The average Bonchev–Trinajstić information content (AvgIpc) is 2.69. The van der Waals surface area contributed by atoms with Crippen LogP contribution >= 0.6 is 0 Å². The van der Waals surface area contributed by atoms with Gasteiger partial charge < -0.3 is 24.8 Å². The van der Waals surface area contributed by atoms with E-state index in [0.29, 0.717) is 11.1 Å². The van der Waals surface area contributed by atoms with Crippen LogP contribution in [0.25, 0.3) is 0 Å². The second-order valence-electron chi connectivity index (χ2n) is 5.20. The minimum atomic E-state index is -1.86. The van der Waals surface area contributed by atoms with Crippen LogP contribution in [0.4, 0.5) is 0 Å². The number of cyclic esters (lactones) is 1. The van der Waals surface area contributed by atoms with E-state index < -0.39 is 17.7 Å². The topological polar surface area (TPSA) is 96.2 Å². The van der Waals surface area contributed by atoms with E-state index in [0.717, 1.165) is 6.08 Å². The van der Waals surface area contributed by atoms with Gasteiger partial charge in [0.1, 0.15) is 11.5 Å². The van der Waals surface area contributed by atoms with Crippen molar-refractivity contribution < 1.29 is 29.6 Å². The molecule has 1 aliphatic heterocycles. The highest BCUT2D eigenvalue weighted by Crippen LogP contribution is 2.37. The van der Waals surface area contributed by atoms with Crippen molar-refractivity contribution in [2.24, 2.45) is 5.92 Å². The zero-order chi connectivity index (χ0) is 15.8. The van der Waals surface area contributed by atoms with Crippen LogP contribution in [-0.4, -0.2) is 34.2 Å². The van der Waals surface area contributed by atoms with Crippen LogP contribution in [0.1, 0.15) is 18.1 Å². The third-order valence-corrected chi connectivity index (χ3v) is 3.69. The first-order valence-corrected chi connectivity index (χ1v) is 6.51. The molecule has 1 aliphatic rings. The van der Waals surface area contributed by atoms with Gasteiger partial charge in [0.15, 0.2) is 5.76 Å². The molecule has 0 saturated heterocycles. The molecule has 6 nitrogen and oxygen atoms in total. The van der Waals surface area contributed by atoms with E-state index in [1.54, 1.807) is 13.8 Å². The van der Waals surface area contributed by atoms with Crippen molar-refractivity contribution in [2.45, 2.75) is 26.1 Å². The molecular weight excluding hydrogens is 276 g/mol. The lowest BCUT2D eigenvalue weighted by atomic mass is 9.89. The van der Waals surface area contributed by atoms with Crippen LogP contribution in [0, 0.1) is 12.8 Å². The standard InChI is InChI=1S/C15H18O6/c1-8-4-10(16)6-12(17)11(8)5-9(2)15(19)13(20-3)7-14(18)21-15/h4,6-7,9,16-17,19H,5H2,1-3H3/t9-,15-/m0/s1. The molecule has 3 N–H and O–H groups in total. The van der Waals surface area contributed by atoms with Crippen LogP contribution in [0.15, 0.2) is 24.0 Å². The van der Waals surface area contributed by atoms with Crippen molar-refractivity contribution in [3.8, 4) is 11.5 Å². The first-order chi connectivity index (χ1) is 9.77. The summed E-state index contributed by atoms with van der Waals surface area (Å²) < 4.78 is 9.96. The van der Waals surface area contributed by atoms with E-state index in [1.807, 2.05) is 0 Å². The zero-order valence-corrected chi connectivity index (χ0v) is 12.1. The Balaban J connectivity index is 2.29. The monoisotopic (exact) mass is 294 g/mol. The van der Waals surface area contributed by atoms with Gasteiger partial charge >= 0.3 is 5.97 Å². The number of phenols is 2. The molecule has 1 heterocycles. The number of aliphatic hydroxyl groups is 1. The minimum absolute atomic E-state index is 0.0371. The van der Waals surface area contributed by atoms with Crippen molar-refractivity contribution >= 4 is 5.97 Å². The molecule has 0 amide bonds. The molecule has 1 aromatic carbocycles. The molecule has 0 bridgehead atoms. The molecule has 1 aromatic rings. The molecule has 6 heteroatoms. The first kappa shape index (κ1) is 15.2. The summed E-state index contributed by atoms with van der Waals surface area (Å²) in [6.07, 6.45) is 1.34. The number of ether oxygens (including phenoxy) is 2. The molecule has 0 fully saturated rings. The molecule has 0 saturated carbocycles. The SMILES string of the molecule is COC1=CC(=O)O[C@@]1(O)[C@@H](C)Cc1c(C)cc(O)cc1O. The predicted molar refractivity (Wildman–Crippen MR) is 73.5 cm³/mol. The van der Waals surface area contributed by atoms with Gasteiger partial charge in [-0.05, 0) is 30.5 Å². The quantitative estimate of drug-likeness (QED) is 0.726. The maximum atomic E-state index is 11.3. The van der Waals surface area contributed by atoms with Crippen LogP contribution in [0.2, 0.25) is 0 Å². The van der Waals surface area contributed by atoms with Gasteiger partial charge in [-0.1, -0.05) is 6.92 Å². The Kier molecular flexibility index (Phi) is 3.82. The summed E-state index contributed by atoms with van der Waals surface area (Å²) in [5.74, 6) is -3.16. The average molecular weight is 294 g/mol. The smallest absolute Gasteiger partial charge is 0.337 e. The minimum Gasteiger partial charge on any atom is -0.508 e. The number of aryl methyl sites for hydroxylation is 1. The first-order valence-electron chi connectivity index (χ1n) is 6.51. The van der Waals surface area contributed by atoms with Crippen LogP contribution < -0.4 is 0 Å². The maximum Gasteiger partial charge on any atom is 0.337 e. The van der Waals surface area contributed by atoms with E-state index in [4.69, 9.17) is 9.47 Å². The molecule has 114 valence electrons. The van der Waals surface area contributed by atoms with Crippen molar-refractivity contribution in [1.29, 1.82) is 0 Å². The van der Waals surface area contributed by atoms with Crippen molar-refractivity contribution in [1.82, 2.24) is 0 Å². The summed E-state index contributed by atoms with van der Waals surface area (Å²) in [4.78, 5) is 11.3. The Labute approximate surface area is 122 Å². The molecule has 0 unspecified atom stereocenters. The Morgan fingerprint density at radius 1 is 1.38 bits per heavy atom. The number of aromatic hydroxyl groups is 2. The number of esters is 1. The summed E-state index contributed by atoms with van der Waals surface area (Å²) in [6, 6.07) is 2.74. The molecule has 0 spiro atoms. The summed E-state index contributed by atoms with van der Waals surface area (Å²) in [7, 11) is 1.34. The Bertz CT molecular complexity index is 583. The number of phenolic OH excluding ortho intramolecular Hbond substituents is 2. The van der Waals surface area contributed by atoms with Gasteiger partial charge in [0.05, 0.1) is 13.2 Å². The van der Waals surface area contributed by atoms with Gasteiger partial charge in [-0.25, -0.2) is 4.79 Å². The molecule has 0 aliphatic carbocycles. The normalized spacial score (nSPS) is 22.7. The zero-order valence-electron chi connectivity index (χ0n) is 12.1. The molecule has 21 heavy (non-hydrogen) atoms. The number of rotatable bonds is 4. The van der Waals surface area contributed by atoms with E-state index in [2.05, 4.69) is 0 Å². The fourth-order valence-corrected chi connectivity index (χ4v) is 2.48. The van der Waals surface area contributed by atoms with Gasteiger partial charge in [-0.15, -0.1) is 0 Å². The van der Waals surface area contributed by atoms with Gasteiger partial charge in [-0.3, -0.25) is 0 Å². The fraction of sp³-hybridized carbons (Fsp3) is 0.400.